The Bertz CT molecular complexity index is 3420. The lowest BCUT2D eigenvalue weighted by Crippen LogP contribution is -2.16. The zero-order chi connectivity index (χ0) is 52.1. The molecule has 6 heterocycles. The van der Waals surface area contributed by atoms with Crippen LogP contribution in [0.1, 0.15) is 28.6 Å². The zero-order valence-electron chi connectivity index (χ0n) is 40.3. The van der Waals surface area contributed by atoms with E-state index in [0.29, 0.717) is 86.1 Å². The number of rotatable bonds is 20. The Morgan fingerprint density at radius 3 is 1.29 bits per heavy atom. The Labute approximate surface area is 429 Å². The Morgan fingerprint density at radius 1 is 0.521 bits per heavy atom. The summed E-state index contributed by atoms with van der Waals surface area (Å²) in [5, 5.41) is 26.0. The first kappa shape index (κ1) is 52.8. The van der Waals surface area contributed by atoms with E-state index in [9.17, 15) is 16.8 Å². The molecule has 21 nitrogen and oxygen atoms in total. The predicted octanol–water partition coefficient (Wildman–Crippen LogP) is 6.45. The molecular formula is C49H48BrN11O10S2. The van der Waals surface area contributed by atoms with Crippen LogP contribution in [0.4, 0.5) is 0 Å². The molecule has 0 bridgehead atoms. The molecule has 73 heavy (non-hydrogen) atoms. The van der Waals surface area contributed by atoms with Crippen molar-refractivity contribution >= 4 is 35.6 Å². The van der Waals surface area contributed by atoms with Crippen molar-refractivity contribution in [1.29, 1.82) is 5.26 Å². The molecule has 0 radical (unpaired) electrons. The molecule has 378 valence electrons. The van der Waals surface area contributed by atoms with Crippen molar-refractivity contribution in [2.75, 3.05) is 54.2 Å². The molecule has 0 unspecified atom stereocenters. The molecule has 2 aromatic carbocycles. The highest BCUT2D eigenvalue weighted by Crippen LogP contribution is 2.38. The minimum absolute atomic E-state index is 0.107. The van der Waals surface area contributed by atoms with E-state index in [-0.39, 0.29) is 41.7 Å². The van der Waals surface area contributed by atoms with E-state index >= 15 is 0 Å². The fraction of sp³-hybridized carbons (Fsp3) is 0.245. The lowest BCUT2D eigenvalue weighted by molar-refractivity contribution is 0.390. The quantitative estimate of drug-likeness (QED) is 0.0794. The van der Waals surface area contributed by atoms with Gasteiger partial charge in [0.2, 0.25) is 11.8 Å². The summed E-state index contributed by atoms with van der Waals surface area (Å²) < 4.78 is 89.5. The molecule has 8 aromatic rings. The number of methoxy groups -OCH3 is 6. The van der Waals surface area contributed by atoms with Crippen LogP contribution in [0.5, 0.6) is 34.8 Å². The van der Waals surface area contributed by atoms with Gasteiger partial charge < -0.3 is 28.4 Å². The van der Waals surface area contributed by atoms with Crippen LogP contribution in [-0.2, 0) is 44.0 Å². The molecule has 0 amide bonds. The van der Waals surface area contributed by atoms with Crippen molar-refractivity contribution in [3.63, 3.8) is 0 Å². The molecule has 0 aliphatic carbocycles. The van der Waals surface area contributed by atoms with E-state index in [4.69, 9.17) is 33.7 Å². The van der Waals surface area contributed by atoms with Gasteiger partial charge in [-0.3, -0.25) is 19.1 Å². The summed E-state index contributed by atoms with van der Waals surface area (Å²) in [6.45, 7) is 0. The Kier molecular flexibility index (Phi) is 17.3. The Morgan fingerprint density at radius 2 is 0.932 bits per heavy atom. The average Bonchev–Trinajstić information content (AvgIpc) is 4.02. The molecular weight excluding hydrogens is 1050 g/mol. The number of aromatic nitrogens is 10. The monoisotopic (exact) mass is 1090 g/mol. The van der Waals surface area contributed by atoms with Gasteiger partial charge in [0.25, 0.3) is 0 Å². The van der Waals surface area contributed by atoms with E-state index in [1.165, 1.54) is 48.9 Å². The first-order valence-corrected chi connectivity index (χ1v) is 26.4. The van der Waals surface area contributed by atoms with Gasteiger partial charge in [-0.2, -0.15) is 5.26 Å². The Hall–Kier alpha value is -8.01. The van der Waals surface area contributed by atoms with Gasteiger partial charge in [0.05, 0.1) is 59.7 Å². The molecule has 0 fully saturated rings. The van der Waals surface area contributed by atoms with Crippen molar-refractivity contribution in [2.45, 2.75) is 24.3 Å². The standard InChI is InChI=1S/C25H24N6O5S.C24H24BrN5O5S/c1-34-20-7-5-8-21(35-2)24(20)31-22(29-30-25(31)19-6-4-9-23(28-19)36-3)16-37(32,33)13-12-18-11-10-17(14-26)15-27-18;1-33-19-7-5-8-20(34-2)23(19)30-21(28-29-24(30)18-6-4-9-22(27-18)35-3)15-36(31,32)13-12-17-11-10-16(25)14-26-17/h4-11,15H,12-13,16H2,1-3H3;4-11,14H,12-13,15H2,1-3H3. The van der Waals surface area contributed by atoms with Crippen molar-refractivity contribution in [3.05, 3.63) is 143 Å². The summed E-state index contributed by atoms with van der Waals surface area (Å²) in [6.07, 6.45) is 3.51. The highest BCUT2D eigenvalue weighted by molar-refractivity contribution is 9.10. The molecule has 0 saturated heterocycles. The number of ether oxygens (including phenoxy) is 6. The SMILES string of the molecule is COc1cccc(-c2nnc(CS(=O)(=O)CCc3ccc(Br)cn3)n2-c2c(OC)cccc2OC)n1.COc1cccc(-c2nnc(CS(=O)(=O)CCc3ccc(C#N)cn3)n2-c2c(OC)cccc2OC)n1. The molecule has 0 N–H and O–H groups in total. The molecule has 0 spiro atoms. The van der Waals surface area contributed by atoms with Crippen LogP contribution in [0.3, 0.4) is 0 Å². The van der Waals surface area contributed by atoms with Crippen molar-refractivity contribution in [3.8, 4) is 75.2 Å². The lowest BCUT2D eigenvalue weighted by atomic mass is 10.2. The smallest absolute Gasteiger partial charge is 0.213 e. The van der Waals surface area contributed by atoms with Crippen LogP contribution in [0, 0.1) is 11.3 Å². The van der Waals surface area contributed by atoms with Gasteiger partial charge in [0.1, 0.15) is 63.3 Å². The second-order valence-corrected chi connectivity index (χ2v) is 20.8. The molecule has 0 aliphatic heterocycles. The minimum atomic E-state index is -3.65. The summed E-state index contributed by atoms with van der Waals surface area (Å²) in [7, 11) is 1.82. The fourth-order valence-corrected chi connectivity index (χ4v) is 10.0. The number of halogens is 1. The number of pyridine rings is 4. The van der Waals surface area contributed by atoms with Gasteiger partial charge in [-0.15, -0.1) is 20.4 Å². The largest absolute Gasteiger partial charge is 0.494 e. The topological polar surface area (TPSA) is 260 Å². The molecule has 24 heteroatoms. The molecule has 0 atom stereocenters. The van der Waals surface area contributed by atoms with E-state index in [1.54, 1.807) is 106 Å². The number of benzene rings is 2. The number of hydrogen-bond acceptors (Lipinski definition) is 19. The van der Waals surface area contributed by atoms with Crippen molar-refractivity contribution in [1.82, 2.24) is 49.5 Å². The van der Waals surface area contributed by atoms with Crippen LogP contribution < -0.4 is 28.4 Å². The van der Waals surface area contributed by atoms with E-state index < -0.39 is 25.4 Å². The molecule has 8 rings (SSSR count). The van der Waals surface area contributed by atoms with Gasteiger partial charge >= 0.3 is 0 Å². The number of aryl methyl sites for hydroxylation is 2. The van der Waals surface area contributed by atoms with Gasteiger partial charge in [-0.05, 0) is 76.6 Å². The van der Waals surface area contributed by atoms with Crippen LogP contribution >= 0.6 is 15.9 Å². The highest BCUT2D eigenvalue weighted by atomic mass is 79.9. The number of nitrogens with zero attached hydrogens (tertiary/aromatic N) is 11. The summed E-state index contributed by atoms with van der Waals surface area (Å²) in [5.41, 5.74) is 3.42. The lowest BCUT2D eigenvalue weighted by Gasteiger charge is -2.17. The summed E-state index contributed by atoms with van der Waals surface area (Å²) in [4.78, 5) is 17.3. The Balaban J connectivity index is 0.000000214. The maximum atomic E-state index is 13.2. The van der Waals surface area contributed by atoms with E-state index in [1.807, 2.05) is 12.1 Å². The highest BCUT2D eigenvalue weighted by Gasteiger charge is 2.28. The second-order valence-electron chi connectivity index (χ2n) is 15.5. The number of hydrogen-bond donors (Lipinski definition) is 0. The van der Waals surface area contributed by atoms with Gasteiger partial charge in [0, 0.05) is 53.2 Å². The third-order valence-electron chi connectivity index (χ3n) is 10.8. The first-order chi connectivity index (χ1) is 35.2. The van der Waals surface area contributed by atoms with Crippen LogP contribution in [0.15, 0.2) is 114 Å². The van der Waals surface area contributed by atoms with Crippen molar-refractivity contribution < 1.29 is 45.3 Å². The van der Waals surface area contributed by atoms with Crippen molar-refractivity contribution in [2.24, 2.45) is 0 Å². The predicted molar refractivity (Wildman–Crippen MR) is 272 cm³/mol. The minimum Gasteiger partial charge on any atom is -0.494 e. The molecule has 0 saturated carbocycles. The normalized spacial score (nSPS) is 11.2. The maximum absolute atomic E-state index is 13.2. The van der Waals surface area contributed by atoms with E-state index in [0.717, 1.165) is 4.47 Å². The molecule has 0 aliphatic rings. The van der Waals surface area contributed by atoms with Crippen LogP contribution in [0.2, 0.25) is 0 Å². The number of sulfone groups is 2. The third-order valence-corrected chi connectivity index (χ3v) is 14.3. The third kappa shape index (κ3) is 12.9. The van der Waals surface area contributed by atoms with E-state index in [2.05, 4.69) is 56.3 Å². The van der Waals surface area contributed by atoms with Gasteiger partial charge in [-0.25, -0.2) is 26.8 Å². The molecule has 6 aromatic heterocycles. The van der Waals surface area contributed by atoms with Gasteiger partial charge in [0.15, 0.2) is 43.0 Å². The zero-order valence-corrected chi connectivity index (χ0v) is 43.6. The summed E-state index contributed by atoms with van der Waals surface area (Å²) >= 11 is 3.33. The second kappa shape index (κ2) is 23.9. The fourth-order valence-electron chi connectivity index (χ4n) is 7.28. The van der Waals surface area contributed by atoms with Gasteiger partial charge in [-0.1, -0.05) is 24.3 Å². The summed E-state index contributed by atoms with van der Waals surface area (Å²) in [6, 6.07) is 29.7. The first-order valence-electron chi connectivity index (χ1n) is 21.9. The van der Waals surface area contributed by atoms with Crippen LogP contribution in [0.25, 0.3) is 34.4 Å². The summed E-state index contributed by atoms with van der Waals surface area (Å²) in [5.74, 6) is 2.45. The number of para-hydroxylation sites is 2. The average molecular weight is 1100 g/mol. The van der Waals surface area contributed by atoms with Crippen LogP contribution in [-0.4, -0.2) is 120 Å². The number of nitriles is 1. The maximum Gasteiger partial charge on any atom is 0.213 e.